The highest BCUT2D eigenvalue weighted by molar-refractivity contribution is 6.05. The van der Waals surface area contributed by atoms with Crippen LogP contribution in [0, 0.1) is 13.8 Å². The van der Waals surface area contributed by atoms with Crippen LogP contribution in [0.25, 0.3) is 0 Å². The number of carbonyl (C=O) groups is 1. The second-order valence-corrected chi connectivity index (χ2v) is 6.55. The van der Waals surface area contributed by atoms with E-state index in [1.165, 1.54) is 5.56 Å². The smallest absolute Gasteiger partial charge is 0.257 e. The quantitative estimate of drug-likeness (QED) is 0.931. The van der Waals surface area contributed by atoms with Crippen LogP contribution in [0.5, 0.6) is 0 Å². The summed E-state index contributed by atoms with van der Waals surface area (Å²) in [4.78, 5) is 21.6. The van der Waals surface area contributed by atoms with Gasteiger partial charge in [-0.1, -0.05) is 19.1 Å². The summed E-state index contributed by atoms with van der Waals surface area (Å²) in [5.41, 5.74) is 4.72. The molecule has 0 saturated carbocycles. The Labute approximate surface area is 149 Å². The third-order valence-electron chi connectivity index (χ3n) is 5.02. The van der Waals surface area contributed by atoms with Crippen molar-refractivity contribution < 1.29 is 4.79 Å². The molecule has 0 aliphatic carbocycles. The van der Waals surface area contributed by atoms with Crippen molar-refractivity contribution in [3.63, 3.8) is 0 Å². The monoisotopic (exact) mass is 338 g/mol. The first-order valence-corrected chi connectivity index (χ1v) is 8.88. The highest BCUT2D eigenvalue weighted by Gasteiger charge is 2.17. The van der Waals surface area contributed by atoms with E-state index in [4.69, 9.17) is 0 Å². The standard InChI is InChI=1S/C20H26N4O/c1-4-23-8-10-24(11-9-23)18-12-17(13-21-14-18)20(25)22-19-7-5-6-15(2)16(19)3/h5-7,12-14H,4,8-11H2,1-3H3,(H,22,25). The predicted octanol–water partition coefficient (Wildman–Crippen LogP) is 3.09. The van der Waals surface area contributed by atoms with Gasteiger partial charge in [0.2, 0.25) is 0 Å². The van der Waals surface area contributed by atoms with Gasteiger partial charge in [-0.15, -0.1) is 0 Å². The maximum absolute atomic E-state index is 12.6. The number of aromatic nitrogens is 1. The Balaban J connectivity index is 1.73. The average molecular weight is 338 g/mol. The van der Waals surface area contributed by atoms with E-state index in [1.807, 2.05) is 44.3 Å². The second-order valence-electron chi connectivity index (χ2n) is 6.55. The van der Waals surface area contributed by atoms with Gasteiger partial charge in [0.1, 0.15) is 0 Å². The number of hydrogen-bond acceptors (Lipinski definition) is 4. The number of nitrogens with zero attached hydrogens (tertiary/aromatic N) is 3. The maximum Gasteiger partial charge on any atom is 0.257 e. The van der Waals surface area contributed by atoms with Gasteiger partial charge < -0.3 is 15.1 Å². The molecule has 2 heterocycles. The normalized spacial score (nSPS) is 15.2. The molecule has 2 aromatic rings. The Hall–Kier alpha value is -2.40. The van der Waals surface area contributed by atoms with Gasteiger partial charge in [-0.3, -0.25) is 9.78 Å². The number of nitrogens with one attached hydrogen (secondary N) is 1. The van der Waals surface area contributed by atoms with Crippen LogP contribution in [0.1, 0.15) is 28.4 Å². The van der Waals surface area contributed by atoms with Crippen molar-refractivity contribution in [1.29, 1.82) is 0 Å². The fourth-order valence-corrected chi connectivity index (χ4v) is 3.13. The minimum absolute atomic E-state index is 0.116. The molecule has 0 radical (unpaired) electrons. The van der Waals surface area contributed by atoms with Crippen molar-refractivity contribution in [2.24, 2.45) is 0 Å². The van der Waals surface area contributed by atoms with Gasteiger partial charge in [0.25, 0.3) is 5.91 Å². The lowest BCUT2D eigenvalue weighted by Gasteiger charge is -2.35. The SMILES string of the molecule is CCN1CCN(c2cncc(C(=O)Nc3cccc(C)c3C)c2)CC1. The minimum atomic E-state index is -0.116. The maximum atomic E-state index is 12.6. The van der Waals surface area contributed by atoms with Crippen molar-refractivity contribution >= 4 is 17.3 Å². The molecule has 1 aromatic heterocycles. The largest absolute Gasteiger partial charge is 0.368 e. The molecule has 1 saturated heterocycles. The molecular formula is C20H26N4O. The van der Waals surface area contributed by atoms with E-state index < -0.39 is 0 Å². The van der Waals surface area contributed by atoms with Gasteiger partial charge >= 0.3 is 0 Å². The van der Waals surface area contributed by atoms with E-state index >= 15 is 0 Å². The number of pyridine rings is 1. The summed E-state index contributed by atoms with van der Waals surface area (Å²) in [5.74, 6) is -0.116. The summed E-state index contributed by atoms with van der Waals surface area (Å²) in [6.45, 7) is 11.4. The molecule has 5 nitrogen and oxygen atoms in total. The third-order valence-corrected chi connectivity index (χ3v) is 5.02. The van der Waals surface area contributed by atoms with Gasteiger partial charge in [-0.2, -0.15) is 0 Å². The Morgan fingerprint density at radius 1 is 1.16 bits per heavy atom. The first-order valence-electron chi connectivity index (χ1n) is 8.88. The Kier molecular flexibility index (Phi) is 5.34. The number of rotatable bonds is 4. The van der Waals surface area contributed by atoms with E-state index in [0.717, 1.165) is 49.7 Å². The third kappa shape index (κ3) is 3.99. The van der Waals surface area contributed by atoms with Gasteiger partial charge in [0.05, 0.1) is 17.4 Å². The zero-order valence-electron chi connectivity index (χ0n) is 15.2. The number of benzene rings is 1. The van der Waals surface area contributed by atoms with Crippen LogP contribution < -0.4 is 10.2 Å². The highest BCUT2D eigenvalue weighted by atomic mass is 16.1. The lowest BCUT2D eigenvalue weighted by Crippen LogP contribution is -2.46. The molecule has 132 valence electrons. The summed E-state index contributed by atoms with van der Waals surface area (Å²) in [6.07, 6.45) is 3.47. The zero-order chi connectivity index (χ0) is 17.8. The van der Waals surface area contributed by atoms with Crippen molar-refractivity contribution in [2.45, 2.75) is 20.8 Å². The zero-order valence-corrected chi connectivity index (χ0v) is 15.2. The van der Waals surface area contributed by atoms with Crippen LogP contribution in [0.4, 0.5) is 11.4 Å². The topological polar surface area (TPSA) is 48.5 Å². The summed E-state index contributed by atoms with van der Waals surface area (Å²) in [6, 6.07) is 7.87. The van der Waals surface area contributed by atoms with Crippen molar-refractivity contribution in [3.05, 3.63) is 53.3 Å². The summed E-state index contributed by atoms with van der Waals surface area (Å²) >= 11 is 0. The van der Waals surface area contributed by atoms with Crippen LogP contribution in [-0.2, 0) is 0 Å². The Morgan fingerprint density at radius 3 is 2.64 bits per heavy atom. The van der Waals surface area contributed by atoms with Gasteiger partial charge in [-0.25, -0.2) is 0 Å². The number of piperazine rings is 1. The Morgan fingerprint density at radius 2 is 1.92 bits per heavy atom. The number of carbonyl (C=O) groups excluding carboxylic acids is 1. The molecule has 25 heavy (non-hydrogen) atoms. The van der Waals surface area contributed by atoms with E-state index in [-0.39, 0.29) is 5.91 Å². The molecule has 1 aromatic carbocycles. The number of likely N-dealkylation sites (N-methyl/N-ethyl adjacent to an activating group) is 1. The molecule has 5 heteroatoms. The summed E-state index contributed by atoms with van der Waals surface area (Å²) in [7, 11) is 0. The van der Waals surface area contributed by atoms with E-state index in [1.54, 1.807) is 6.20 Å². The molecule has 1 fully saturated rings. The lowest BCUT2D eigenvalue weighted by atomic mass is 10.1. The first kappa shape index (κ1) is 17.4. The fourth-order valence-electron chi connectivity index (χ4n) is 3.13. The second kappa shape index (κ2) is 7.66. The number of amides is 1. The van der Waals surface area contributed by atoms with Crippen LogP contribution in [0.3, 0.4) is 0 Å². The van der Waals surface area contributed by atoms with E-state index in [9.17, 15) is 4.79 Å². The van der Waals surface area contributed by atoms with Crippen molar-refractivity contribution in [3.8, 4) is 0 Å². The van der Waals surface area contributed by atoms with Crippen molar-refractivity contribution in [1.82, 2.24) is 9.88 Å². The molecule has 1 amide bonds. The molecule has 1 aliphatic heterocycles. The molecular weight excluding hydrogens is 312 g/mol. The van der Waals surface area contributed by atoms with Gasteiger partial charge in [-0.05, 0) is 43.7 Å². The average Bonchev–Trinajstić information content (AvgIpc) is 2.65. The number of hydrogen-bond donors (Lipinski definition) is 1. The number of aryl methyl sites for hydroxylation is 1. The van der Waals surface area contributed by atoms with Crippen LogP contribution in [0.2, 0.25) is 0 Å². The molecule has 0 spiro atoms. The first-order chi connectivity index (χ1) is 12.1. The molecule has 1 N–H and O–H groups in total. The number of anilines is 2. The van der Waals surface area contributed by atoms with Gasteiger partial charge in [0, 0.05) is 38.1 Å². The van der Waals surface area contributed by atoms with Crippen LogP contribution >= 0.6 is 0 Å². The lowest BCUT2D eigenvalue weighted by molar-refractivity contribution is 0.102. The Bertz CT molecular complexity index is 751. The van der Waals surface area contributed by atoms with E-state index in [2.05, 4.69) is 27.0 Å². The molecule has 3 rings (SSSR count). The van der Waals surface area contributed by atoms with E-state index in [0.29, 0.717) is 5.56 Å². The predicted molar refractivity (Wildman–Crippen MR) is 102 cm³/mol. The minimum Gasteiger partial charge on any atom is -0.368 e. The van der Waals surface area contributed by atoms with Gasteiger partial charge in [0.15, 0.2) is 0 Å². The summed E-state index contributed by atoms with van der Waals surface area (Å²) in [5, 5.41) is 3.01. The highest BCUT2D eigenvalue weighted by Crippen LogP contribution is 2.21. The fraction of sp³-hybridized carbons (Fsp3) is 0.400. The van der Waals surface area contributed by atoms with Crippen LogP contribution in [0.15, 0.2) is 36.7 Å². The molecule has 0 bridgehead atoms. The molecule has 0 atom stereocenters. The van der Waals surface area contributed by atoms with Crippen LogP contribution in [-0.4, -0.2) is 48.5 Å². The summed E-state index contributed by atoms with van der Waals surface area (Å²) < 4.78 is 0. The molecule has 0 unspecified atom stereocenters. The van der Waals surface area contributed by atoms with Crippen molar-refractivity contribution in [2.75, 3.05) is 42.9 Å². The molecule has 1 aliphatic rings.